The van der Waals surface area contributed by atoms with E-state index in [4.69, 9.17) is 0 Å². The van der Waals surface area contributed by atoms with Gasteiger partial charge in [0, 0.05) is 0 Å². The third-order valence-electron chi connectivity index (χ3n) is 1.95. The van der Waals surface area contributed by atoms with Gasteiger partial charge in [-0.2, -0.15) is 0 Å². The van der Waals surface area contributed by atoms with Crippen molar-refractivity contribution in [2.75, 3.05) is 13.1 Å². The van der Waals surface area contributed by atoms with Gasteiger partial charge in [0.15, 0.2) is 6.54 Å². The van der Waals surface area contributed by atoms with E-state index in [1.54, 1.807) is 0 Å². The van der Waals surface area contributed by atoms with E-state index in [-0.39, 0.29) is 0 Å². The Balaban J connectivity index is 2.40. The summed E-state index contributed by atoms with van der Waals surface area (Å²) in [7, 11) is 0. The maximum absolute atomic E-state index is 11.2. The van der Waals surface area contributed by atoms with Crippen molar-refractivity contribution in [2.24, 2.45) is 0 Å². The molecule has 2 aliphatic rings. The Morgan fingerprint density at radius 1 is 1.55 bits per heavy atom. The summed E-state index contributed by atoms with van der Waals surface area (Å²) in [6.07, 6.45) is 6.69. The van der Waals surface area contributed by atoms with E-state index in [9.17, 15) is 5.21 Å². The molecule has 0 aromatic heterocycles. The van der Waals surface area contributed by atoms with Crippen LogP contribution in [0.4, 0.5) is 0 Å². The molecule has 0 radical (unpaired) electrons. The maximum atomic E-state index is 11.2. The van der Waals surface area contributed by atoms with E-state index in [1.807, 2.05) is 18.2 Å². The molecular formula is C8H10N2O. The summed E-state index contributed by atoms with van der Waals surface area (Å²) in [4.78, 5) is 0. The first-order valence-corrected chi connectivity index (χ1v) is 3.79. The highest BCUT2D eigenvalue weighted by Gasteiger charge is 2.20. The Morgan fingerprint density at radius 3 is 3.27 bits per heavy atom. The van der Waals surface area contributed by atoms with E-state index in [0.717, 1.165) is 29.1 Å². The van der Waals surface area contributed by atoms with Crippen LogP contribution < -0.4 is 5.32 Å². The zero-order chi connectivity index (χ0) is 7.68. The predicted octanol–water partition coefficient (Wildman–Crippen LogP) is 0.385. The minimum atomic E-state index is 0.570. The summed E-state index contributed by atoms with van der Waals surface area (Å²) in [5, 5.41) is 14.4. The topological polar surface area (TPSA) is 38.1 Å². The Hall–Kier alpha value is -1.25. The van der Waals surface area contributed by atoms with E-state index in [1.165, 1.54) is 0 Å². The molecule has 3 heteroatoms. The van der Waals surface area contributed by atoms with Gasteiger partial charge in [-0.25, -0.2) is 4.74 Å². The molecule has 2 rings (SSSR count). The van der Waals surface area contributed by atoms with Gasteiger partial charge < -0.3 is 10.5 Å². The summed E-state index contributed by atoms with van der Waals surface area (Å²) >= 11 is 0. The molecule has 0 aromatic carbocycles. The number of hydroxylamine groups is 1. The lowest BCUT2D eigenvalue weighted by Gasteiger charge is -2.20. The molecule has 0 amide bonds. The molecular weight excluding hydrogens is 140 g/mol. The van der Waals surface area contributed by atoms with Crippen molar-refractivity contribution >= 4 is 5.71 Å². The lowest BCUT2D eigenvalue weighted by atomic mass is 10.1. The van der Waals surface area contributed by atoms with Crippen LogP contribution in [0, 0.1) is 5.21 Å². The van der Waals surface area contributed by atoms with Crippen molar-refractivity contribution < 1.29 is 4.74 Å². The average molecular weight is 150 g/mol. The Labute approximate surface area is 65.3 Å². The largest absolute Gasteiger partial charge is 0.624 e. The molecule has 0 unspecified atom stereocenters. The normalized spacial score (nSPS) is 22.4. The Bertz CT molecular complexity index is 263. The van der Waals surface area contributed by atoms with Gasteiger partial charge >= 0.3 is 0 Å². The monoisotopic (exact) mass is 150 g/mol. The summed E-state index contributed by atoms with van der Waals surface area (Å²) < 4.78 is 1.08. The molecule has 1 N–H and O–H groups in total. The zero-order valence-electron chi connectivity index (χ0n) is 6.21. The average Bonchev–Trinajstić information content (AvgIpc) is 2.06. The number of rotatable bonds is 0. The fourth-order valence-electron chi connectivity index (χ4n) is 1.37. The van der Waals surface area contributed by atoms with Crippen molar-refractivity contribution in [3.63, 3.8) is 0 Å². The third-order valence-corrected chi connectivity index (χ3v) is 1.95. The second-order valence-electron chi connectivity index (χ2n) is 2.69. The minimum Gasteiger partial charge on any atom is -0.624 e. The molecule has 1 aliphatic heterocycles. The van der Waals surface area contributed by atoms with Gasteiger partial charge in [0.2, 0.25) is 5.71 Å². The van der Waals surface area contributed by atoms with Crippen LogP contribution in [0.15, 0.2) is 23.9 Å². The molecule has 1 heterocycles. The van der Waals surface area contributed by atoms with E-state index >= 15 is 0 Å². The van der Waals surface area contributed by atoms with Gasteiger partial charge in [0.05, 0.1) is 13.0 Å². The van der Waals surface area contributed by atoms with Crippen LogP contribution in [0.2, 0.25) is 0 Å². The van der Waals surface area contributed by atoms with Crippen molar-refractivity contribution in [3.8, 4) is 0 Å². The van der Waals surface area contributed by atoms with Crippen molar-refractivity contribution in [3.05, 3.63) is 29.1 Å². The van der Waals surface area contributed by atoms with Gasteiger partial charge in [-0.05, 0) is 6.08 Å². The van der Waals surface area contributed by atoms with Gasteiger partial charge in [-0.3, -0.25) is 0 Å². The van der Waals surface area contributed by atoms with Crippen LogP contribution in [-0.2, 0) is 0 Å². The van der Waals surface area contributed by atoms with E-state index in [2.05, 4.69) is 5.32 Å². The van der Waals surface area contributed by atoms with Crippen LogP contribution in [0.25, 0.3) is 0 Å². The van der Waals surface area contributed by atoms with Gasteiger partial charge in [0.1, 0.15) is 5.70 Å². The lowest BCUT2D eigenvalue weighted by Crippen LogP contribution is -2.37. The predicted molar refractivity (Wildman–Crippen MR) is 43.3 cm³/mol. The first-order valence-electron chi connectivity index (χ1n) is 3.79. The standard InChI is InChI=1S/C8H10N2O/c11-10-6-5-9-7-3-1-2-4-8(7)10/h1-3,9H,4-6H2. The highest BCUT2D eigenvalue weighted by molar-refractivity contribution is 5.98. The molecule has 0 bridgehead atoms. The molecule has 0 fully saturated rings. The van der Waals surface area contributed by atoms with Crippen LogP contribution in [-0.4, -0.2) is 23.5 Å². The lowest BCUT2D eigenvalue weighted by molar-refractivity contribution is -0.459. The highest BCUT2D eigenvalue weighted by atomic mass is 16.5. The SMILES string of the molecule is [O-][N+]1=C2CC=CC=C2NCC1. The second kappa shape index (κ2) is 2.42. The number of nitrogens with zero attached hydrogens (tertiary/aromatic N) is 1. The fourth-order valence-corrected chi connectivity index (χ4v) is 1.37. The van der Waals surface area contributed by atoms with E-state index < -0.39 is 0 Å². The second-order valence-corrected chi connectivity index (χ2v) is 2.69. The molecule has 0 saturated heterocycles. The van der Waals surface area contributed by atoms with Crippen molar-refractivity contribution in [1.29, 1.82) is 0 Å². The summed E-state index contributed by atoms with van der Waals surface area (Å²) in [6, 6.07) is 0. The number of fused-ring (bicyclic) bond motifs is 1. The summed E-state index contributed by atoms with van der Waals surface area (Å²) in [5.74, 6) is 0. The Kier molecular flexibility index (Phi) is 1.42. The summed E-state index contributed by atoms with van der Waals surface area (Å²) in [5.41, 5.74) is 1.87. The van der Waals surface area contributed by atoms with Gasteiger partial charge in [0.25, 0.3) is 0 Å². The molecule has 0 aromatic rings. The summed E-state index contributed by atoms with van der Waals surface area (Å²) in [6.45, 7) is 1.33. The first-order chi connectivity index (χ1) is 5.38. The van der Waals surface area contributed by atoms with Crippen LogP contribution in [0.3, 0.4) is 0 Å². The fraction of sp³-hybridized carbons (Fsp3) is 0.375. The van der Waals surface area contributed by atoms with E-state index in [0.29, 0.717) is 6.54 Å². The number of allylic oxidation sites excluding steroid dienone is 4. The maximum Gasteiger partial charge on any atom is 0.214 e. The zero-order valence-corrected chi connectivity index (χ0v) is 6.21. The van der Waals surface area contributed by atoms with Crippen LogP contribution in [0.5, 0.6) is 0 Å². The highest BCUT2D eigenvalue weighted by Crippen LogP contribution is 2.08. The quantitative estimate of drug-likeness (QED) is 0.400. The van der Waals surface area contributed by atoms with Gasteiger partial charge in [-0.1, -0.05) is 12.2 Å². The molecule has 3 nitrogen and oxygen atoms in total. The Morgan fingerprint density at radius 2 is 2.45 bits per heavy atom. The third kappa shape index (κ3) is 1.02. The van der Waals surface area contributed by atoms with Crippen LogP contribution in [0.1, 0.15) is 6.42 Å². The molecule has 58 valence electrons. The smallest absolute Gasteiger partial charge is 0.214 e. The van der Waals surface area contributed by atoms with Crippen LogP contribution >= 0.6 is 0 Å². The number of hydrogen-bond donors (Lipinski definition) is 1. The number of nitrogens with one attached hydrogen (secondary N) is 1. The van der Waals surface area contributed by atoms with Crippen molar-refractivity contribution in [1.82, 2.24) is 5.32 Å². The molecule has 0 spiro atoms. The first kappa shape index (κ1) is 6.46. The molecule has 1 aliphatic carbocycles. The van der Waals surface area contributed by atoms with Gasteiger partial charge in [-0.15, -0.1) is 0 Å². The van der Waals surface area contributed by atoms with Crippen molar-refractivity contribution in [2.45, 2.75) is 6.42 Å². The molecule has 11 heavy (non-hydrogen) atoms. The molecule has 0 saturated carbocycles. The molecule has 0 atom stereocenters. The minimum absolute atomic E-state index is 0.570. The number of hydrogen-bond acceptors (Lipinski definition) is 2.